The van der Waals surface area contributed by atoms with E-state index in [1.54, 1.807) is 6.07 Å². The Balaban J connectivity index is 1.77. The number of H-pyrrole nitrogens is 1. The summed E-state index contributed by atoms with van der Waals surface area (Å²) in [6, 6.07) is 10.8. The van der Waals surface area contributed by atoms with Gasteiger partial charge in [0.2, 0.25) is 10.0 Å². The summed E-state index contributed by atoms with van der Waals surface area (Å²) in [4.78, 5) is 3.50. The van der Waals surface area contributed by atoms with E-state index in [-0.39, 0.29) is 4.90 Å². The van der Waals surface area contributed by atoms with Crippen LogP contribution in [0.15, 0.2) is 41.3 Å². The maximum atomic E-state index is 12.6. The van der Waals surface area contributed by atoms with E-state index in [2.05, 4.69) is 27.9 Å². The molecular formula is C20H24N2O4S. The summed E-state index contributed by atoms with van der Waals surface area (Å²) in [6.07, 6.45) is 0.599. The molecule has 0 aliphatic carbocycles. The lowest BCUT2D eigenvalue weighted by molar-refractivity contribution is 0.354. The fourth-order valence-corrected chi connectivity index (χ4v) is 4.24. The second-order valence-corrected chi connectivity index (χ2v) is 8.21. The molecule has 144 valence electrons. The number of aromatic amines is 1. The molecule has 2 aromatic carbocycles. The third-order valence-electron chi connectivity index (χ3n) is 4.61. The van der Waals surface area contributed by atoms with Crippen molar-refractivity contribution in [3.05, 3.63) is 53.2 Å². The van der Waals surface area contributed by atoms with Crippen LogP contribution in [-0.4, -0.2) is 34.2 Å². The van der Waals surface area contributed by atoms with Crippen LogP contribution < -0.4 is 14.2 Å². The highest BCUT2D eigenvalue weighted by Crippen LogP contribution is 2.29. The Hall–Kier alpha value is -2.51. The molecule has 2 N–H and O–H groups in total. The van der Waals surface area contributed by atoms with Crippen molar-refractivity contribution >= 4 is 20.9 Å². The quantitative estimate of drug-likeness (QED) is 0.651. The van der Waals surface area contributed by atoms with Gasteiger partial charge in [-0.25, -0.2) is 13.1 Å². The van der Waals surface area contributed by atoms with Crippen molar-refractivity contribution in [3.8, 4) is 11.5 Å². The Morgan fingerprint density at radius 1 is 1.00 bits per heavy atom. The molecule has 3 rings (SSSR count). The number of hydrogen-bond acceptors (Lipinski definition) is 4. The van der Waals surface area contributed by atoms with E-state index in [0.717, 1.165) is 22.2 Å². The van der Waals surface area contributed by atoms with E-state index in [1.807, 2.05) is 13.8 Å². The highest BCUT2D eigenvalue weighted by Gasteiger charge is 2.17. The van der Waals surface area contributed by atoms with Gasteiger partial charge in [-0.15, -0.1) is 0 Å². The van der Waals surface area contributed by atoms with Crippen LogP contribution in [0.4, 0.5) is 0 Å². The smallest absolute Gasteiger partial charge is 0.240 e. The molecule has 0 unspecified atom stereocenters. The van der Waals surface area contributed by atoms with Crippen LogP contribution in [0, 0.1) is 13.8 Å². The predicted octanol–water partition coefficient (Wildman–Crippen LogP) is 3.32. The largest absolute Gasteiger partial charge is 0.493 e. The van der Waals surface area contributed by atoms with Gasteiger partial charge >= 0.3 is 0 Å². The summed E-state index contributed by atoms with van der Waals surface area (Å²) in [5.41, 5.74) is 4.43. The number of aromatic nitrogens is 1. The second kappa shape index (κ2) is 7.62. The van der Waals surface area contributed by atoms with Gasteiger partial charge in [0.1, 0.15) is 0 Å². The lowest BCUT2D eigenvalue weighted by atomic mass is 10.1. The lowest BCUT2D eigenvalue weighted by Crippen LogP contribution is -2.26. The van der Waals surface area contributed by atoms with Gasteiger partial charge in [0.05, 0.1) is 19.1 Å². The highest BCUT2D eigenvalue weighted by atomic mass is 32.2. The number of fused-ring (bicyclic) bond motifs is 1. The Kier molecular flexibility index (Phi) is 5.43. The minimum atomic E-state index is -3.64. The average molecular weight is 388 g/mol. The fourth-order valence-electron chi connectivity index (χ4n) is 3.20. The molecule has 3 aromatic rings. The van der Waals surface area contributed by atoms with Gasteiger partial charge in [0.25, 0.3) is 0 Å². The summed E-state index contributed by atoms with van der Waals surface area (Å²) in [5, 5.41) is 1.14. The molecule has 0 atom stereocenters. The molecule has 0 aliphatic heterocycles. The molecule has 0 radical (unpaired) electrons. The van der Waals surface area contributed by atoms with Crippen LogP contribution in [-0.2, 0) is 16.4 Å². The molecule has 27 heavy (non-hydrogen) atoms. The minimum absolute atomic E-state index is 0.145. The molecule has 0 amide bonds. The van der Waals surface area contributed by atoms with Crippen LogP contribution in [0.2, 0.25) is 0 Å². The molecule has 0 bridgehead atoms. The SMILES string of the molecule is COc1ccc(S(=O)(=O)NCCc2c(C)[nH]c3ccc(C)cc23)cc1OC. The summed E-state index contributed by atoms with van der Waals surface area (Å²) < 4.78 is 38.2. The lowest BCUT2D eigenvalue weighted by Gasteiger charge is -2.11. The first-order valence-electron chi connectivity index (χ1n) is 8.65. The zero-order valence-electron chi connectivity index (χ0n) is 15.9. The second-order valence-electron chi connectivity index (χ2n) is 6.44. The fraction of sp³-hybridized carbons (Fsp3) is 0.300. The number of ether oxygens (including phenoxy) is 2. The molecule has 1 heterocycles. The number of benzene rings is 2. The van der Waals surface area contributed by atoms with E-state index >= 15 is 0 Å². The first kappa shape index (κ1) is 19.3. The van der Waals surface area contributed by atoms with Crippen molar-refractivity contribution in [2.24, 2.45) is 0 Å². The highest BCUT2D eigenvalue weighted by molar-refractivity contribution is 7.89. The summed E-state index contributed by atoms with van der Waals surface area (Å²) >= 11 is 0. The third-order valence-corrected chi connectivity index (χ3v) is 6.07. The van der Waals surface area contributed by atoms with Crippen LogP contribution in [0.25, 0.3) is 10.9 Å². The summed E-state index contributed by atoms with van der Waals surface area (Å²) in [5.74, 6) is 0.865. The van der Waals surface area contributed by atoms with Gasteiger partial charge in [0.15, 0.2) is 11.5 Å². The topological polar surface area (TPSA) is 80.4 Å². The van der Waals surface area contributed by atoms with E-state index < -0.39 is 10.0 Å². The maximum absolute atomic E-state index is 12.6. The number of nitrogens with one attached hydrogen (secondary N) is 2. The summed E-state index contributed by atoms with van der Waals surface area (Å²) in [6.45, 7) is 4.36. The van der Waals surface area contributed by atoms with E-state index in [9.17, 15) is 8.42 Å². The molecule has 7 heteroatoms. The van der Waals surface area contributed by atoms with Crippen molar-refractivity contribution in [2.45, 2.75) is 25.2 Å². The van der Waals surface area contributed by atoms with Gasteiger partial charge in [-0.1, -0.05) is 11.6 Å². The Bertz CT molecular complexity index is 1070. The molecular weight excluding hydrogens is 364 g/mol. The monoisotopic (exact) mass is 388 g/mol. The molecule has 0 saturated carbocycles. The maximum Gasteiger partial charge on any atom is 0.240 e. The van der Waals surface area contributed by atoms with Crippen LogP contribution in [0.3, 0.4) is 0 Å². The number of sulfonamides is 1. The van der Waals surface area contributed by atoms with Crippen molar-refractivity contribution in [1.82, 2.24) is 9.71 Å². The average Bonchev–Trinajstić information content (AvgIpc) is 2.96. The van der Waals surface area contributed by atoms with Crippen LogP contribution >= 0.6 is 0 Å². The molecule has 1 aromatic heterocycles. The Morgan fingerprint density at radius 2 is 1.74 bits per heavy atom. The zero-order chi connectivity index (χ0) is 19.6. The Morgan fingerprint density at radius 3 is 2.44 bits per heavy atom. The van der Waals surface area contributed by atoms with E-state index in [1.165, 1.54) is 31.9 Å². The number of aryl methyl sites for hydroxylation is 2. The molecule has 0 fully saturated rings. The zero-order valence-corrected chi connectivity index (χ0v) is 16.7. The first-order valence-corrected chi connectivity index (χ1v) is 10.1. The van der Waals surface area contributed by atoms with Gasteiger partial charge in [-0.2, -0.15) is 0 Å². The minimum Gasteiger partial charge on any atom is -0.493 e. The van der Waals surface area contributed by atoms with Crippen LogP contribution in [0.5, 0.6) is 11.5 Å². The van der Waals surface area contributed by atoms with Crippen molar-refractivity contribution in [1.29, 1.82) is 0 Å². The van der Waals surface area contributed by atoms with Gasteiger partial charge in [-0.3, -0.25) is 0 Å². The van der Waals surface area contributed by atoms with Crippen LogP contribution in [0.1, 0.15) is 16.8 Å². The van der Waals surface area contributed by atoms with Crippen molar-refractivity contribution in [2.75, 3.05) is 20.8 Å². The number of rotatable bonds is 7. The standard InChI is InChI=1S/C20H24N2O4S/c1-13-5-7-18-17(11-13)16(14(2)22-18)9-10-21-27(23,24)15-6-8-19(25-3)20(12-15)26-4/h5-8,11-12,21-22H,9-10H2,1-4H3. The molecule has 0 spiro atoms. The van der Waals surface area contributed by atoms with Gasteiger partial charge in [0, 0.05) is 29.2 Å². The number of hydrogen-bond donors (Lipinski definition) is 2. The first-order chi connectivity index (χ1) is 12.9. The summed E-state index contributed by atoms with van der Waals surface area (Å²) in [7, 11) is -0.656. The third kappa shape index (κ3) is 3.94. The van der Waals surface area contributed by atoms with Gasteiger partial charge < -0.3 is 14.5 Å². The molecule has 0 aliphatic rings. The normalized spacial score (nSPS) is 11.7. The van der Waals surface area contributed by atoms with Crippen molar-refractivity contribution < 1.29 is 17.9 Å². The number of methoxy groups -OCH3 is 2. The Labute approximate surface area is 159 Å². The predicted molar refractivity (Wildman–Crippen MR) is 106 cm³/mol. The van der Waals surface area contributed by atoms with Crippen molar-refractivity contribution in [3.63, 3.8) is 0 Å². The molecule has 6 nitrogen and oxygen atoms in total. The van der Waals surface area contributed by atoms with E-state index in [4.69, 9.17) is 9.47 Å². The van der Waals surface area contributed by atoms with Gasteiger partial charge in [-0.05, 0) is 50.1 Å². The van der Waals surface area contributed by atoms with E-state index in [0.29, 0.717) is 24.5 Å². The molecule has 0 saturated heterocycles.